The summed E-state index contributed by atoms with van der Waals surface area (Å²) in [5, 5.41) is 0. The zero-order chi connectivity index (χ0) is 22.4. The highest BCUT2D eigenvalue weighted by molar-refractivity contribution is 14.1. The van der Waals surface area contributed by atoms with Crippen molar-refractivity contribution < 1.29 is 0 Å². The van der Waals surface area contributed by atoms with Crippen molar-refractivity contribution in [1.29, 1.82) is 0 Å². The van der Waals surface area contributed by atoms with Crippen molar-refractivity contribution in [3.8, 4) is 0 Å². The fourth-order valence-corrected chi connectivity index (χ4v) is 5.91. The van der Waals surface area contributed by atoms with Crippen molar-refractivity contribution in [3.05, 3.63) is 108 Å². The highest BCUT2D eigenvalue weighted by Crippen LogP contribution is 2.55. The minimum atomic E-state index is -0.264. The van der Waals surface area contributed by atoms with Crippen LogP contribution in [0.1, 0.15) is 56.2 Å². The average molecular weight is 537 g/mol. The molecule has 1 aliphatic rings. The molecule has 0 bridgehead atoms. The molecule has 1 aliphatic heterocycles. The third-order valence-electron chi connectivity index (χ3n) is 6.19. The topological polar surface area (TPSA) is 6.48 Å². The van der Waals surface area contributed by atoms with Gasteiger partial charge in [-0.2, -0.15) is 0 Å². The molecule has 1 heterocycles. The number of unbranched alkanes of at least 4 members (excludes halogenated alkanes) is 2. The van der Waals surface area contributed by atoms with Gasteiger partial charge in [0, 0.05) is 29.8 Å². The number of hydrogen-bond donors (Lipinski definition) is 0. The molecule has 32 heavy (non-hydrogen) atoms. The molecule has 0 atom stereocenters. The first kappa shape index (κ1) is 22.9. The van der Waals surface area contributed by atoms with E-state index in [4.69, 9.17) is 0 Å². The Balaban J connectivity index is 2.00. The summed E-state index contributed by atoms with van der Waals surface area (Å²) in [6.45, 7) is 6.62. The molecule has 0 spiro atoms. The van der Waals surface area contributed by atoms with Gasteiger partial charge in [0.05, 0.1) is 11.4 Å². The van der Waals surface area contributed by atoms with Gasteiger partial charge in [-0.15, -0.1) is 0 Å². The Bertz CT molecular complexity index is 953. The maximum Gasteiger partial charge on any atom is 0.192 e. The maximum atomic E-state index is 2.73. The van der Waals surface area contributed by atoms with Crippen molar-refractivity contribution in [2.45, 2.75) is 43.2 Å². The van der Waals surface area contributed by atoms with E-state index in [9.17, 15) is 0 Å². The molecule has 0 radical (unpaired) electrons. The number of alkyl halides is 1. The molecular formula is C29H33IN2. The lowest BCUT2D eigenvalue weighted by atomic mass is 10.0. The summed E-state index contributed by atoms with van der Waals surface area (Å²) in [6.07, 6.45) is 4.68. The normalized spacial score (nSPS) is 15.5. The van der Waals surface area contributed by atoms with Gasteiger partial charge in [-0.1, -0.05) is 118 Å². The quantitative estimate of drug-likeness (QED) is 0.155. The Morgan fingerprint density at radius 1 is 0.594 bits per heavy atom. The Labute approximate surface area is 207 Å². The smallest absolute Gasteiger partial charge is 0.192 e. The molecule has 0 fully saturated rings. The molecule has 0 N–H and O–H groups in total. The first-order valence-electron chi connectivity index (χ1n) is 11.9. The summed E-state index contributed by atoms with van der Waals surface area (Å²) in [6, 6.07) is 33.0. The van der Waals surface area contributed by atoms with Gasteiger partial charge in [0.25, 0.3) is 0 Å². The third kappa shape index (κ3) is 4.32. The van der Waals surface area contributed by atoms with E-state index in [1.165, 1.54) is 40.9 Å². The maximum absolute atomic E-state index is 2.73. The Hall–Kier alpha value is -2.27. The second-order valence-corrected chi connectivity index (χ2v) is 9.90. The Kier molecular flexibility index (Phi) is 7.56. The average Bonchev–Trinajstić information content (AvgIpc) is 3.11. The van der Waals surface area contributed by atoms with E-state index in [1.54, 1.807) is 0 Å². The fraction of sp³-hybridized carbons (Fsp3) is 0.310. The molecule has 0 unspecified atom stereocenters. The van der Waals surface area contributed by atoms with Crippen LogP contribution in [0, 0.1) is 0 Å². The van der Waals surface area contributed by atoms with Crippen LogP contribution >= 0.6 is 22.6 Å². The van der Waals surface area contributed by atoms with Crippen LogP contribution in [0.3, 0.4) is 0 Å². The molecule has 4 rings (SSSR count). The van der Waals surface area contributed by atoms with Crippen LogP contribution in [-0.4, -0.2) is 22.9 Å². The van der Waals surface area contributed by atoms with Crippen molar-refractivity contribution in [1.82, 2.24) is 9.80 Å². The van der Waals surface area contributed by atoms with E-state index in [1.807, 2.05) is 0 Å². The van der Waals surface area contributed by atoms with E-state index < -0.39 is 0 Å². The first-order chi connectivity index (χ1) is 15.7. The van der Waals surface area contributed by atoms with Gasteiger partial charge in [0.2, 0.25) is 0 Å². The van der Waals surface area contributed by atoms with Crippen LogP contribution in [0.5, 0.6) is 0 Å². The molecule has 0 aromatic heterocycles. The van der Waals surface area contributed by atoms with Crippen LogP contribution in [0.2, 0.25) is 0 Å². The van der Waals surface area contributed by atoms with Crippen molar-refractivity contribution in [2.24, 2.45) is 0 Å². The van der Waals surface area contributed by atoms with Crippen molar-refractivity contribution in [2.75, 3.05) is 13.1 Å². The lowest BCUT2D eigenvalue weighted by Crippen LogP contribution is -2.47. The largest absolute Gasteiger partial charge is 0.334 e. The summed E-state index contributed by atoms with van der Waals surface area (Å²) in [4.78, 5) is 5.33. The fourth-order valence-electron chi connectivity index (χ4n) is 4.59. The Morgan fingerprint density at radius 3 is 1.34 bits per heavy atom. The van der Waals surface area contributed by atoms with Gasteiger partial charge in [-0.3, -0.25) is 0 Å². The van der Waals surface area contributed by atoms with Gasteiger partial charge in [0.15, 0.2) is 3.67 Å². The van der Waals surface area contributed by atoms with Gasteiger partial charge in [-0.25, -0.2) is 0 Å². The highest BCUT2D eigenvalue weighted by Gasteiger charge is 2.50. The van der Waals surface area contributed by atoms with Crippen molar-refractivity contribution in [3.63, 3.8) is 0 Å². The number of benzene rings is 3. The van der Waals surface area contributed by atoms with Crippen LogP contribution < -0.4 is 0 Å². The summed E-state index contributed by atoms with van der Waals surface area (Å²) >= 11 is 2.73. The molecule has 2 nitrogen and oxygen atoms in total. The highest BCUT2D eigenvalue weighted by atomic mass is 127. The zero-order valence-corrected chi connectivity index (χ0v) is 21.3. The number of rotatable bonds is 9. The molecule has 3 aromatic carbocycles. The SMILES string of the molecule is CCCCN1C(c2ccccc2)=C(c2ccccc2)N(CCCC)C1(I)c1ccccc1. The first-order valence-corrected chi connectivity index (χ1v) is 12.9. The van der Waals surface area contributed by atoms with Crippen molar-refractivity contribution >= 4 is 34.0 Å². The van der Waals surface area contributed by atoms with E-state index in [-0.39, 0.29) is 3.67 Å². The number of halogens is 1. The summed E-state index contributed by atoms with van der Waals surface area (Å²) in [5.41, 5.74) is 6.61. The predicted octanol–water partition coefficient (Wildman–Crippen LogP) is 7.98. The molecule has 0 saturated heterocycles. The lowest BCUT2D eigenvalue weighted by molar-refractivity contribution is 0.144. The van der Waals surface area contributed by atoms with Crippen LogP contribution in [0.25, 0.3) is 11.4 Å². The van der Waals surface area contributed by atoms with Gasteiger partial charge in [-0.05, 0) is 35.4 Å². The van der Waals surface area contributed by atoms with E-state index >= 15 is 0 Å². The standard InChI is InChI=1S/C29H33IN2/c1-3-5-22-31-27(24-16-10-7-11-17-24)28(25-18-12-8-13-19-25)32(23-6-4-2)29(31,30)26-20-14-9-15-21-26/h7-21H,3-6,22-23H2,1-2H3. The van der Waals surface area contributed by atoms with Gasteiger partial charge in [0.1, 0.15) is 0 Å². The zero-order valence-electron chi connectivity index (χ0n) is 19.2. The Morgan fingerprint density at radius 2 is 0.969 bits per heavy atom. The molecule has 3 heteroatoms. The number of hydrogen-bond acceptors (Lipinski definition) is 2. The summed E-state index contributed by atoms with van der Waals surface area (Å²) in [7, 11) is 0. The predicted molar refractivity (Wildman–Crippen MR) is 145 cm³/mol. The molecule has 0 amide bonds. The monoisotopic (exact) mass is 536 g/mol. The molecule has 166 valence electrons. The van der Waals surface area contributed by atoms with E-state index in [2.05, 4.69) is 137 Å². The van der Waals surface area contributed by atoms with Crippen LogP contribution in [-0.2, 0) is 3.67 Å². The van der Waals surface area contributed by atoms with E-state index in [0.717, 1.165) is 25.9 Å². The summed E-state index contributed by atoms with van der Waals surface area (Å²) < 4.78 is -0.264. The lowest BCUT2D eigenvalue weighted by Gasteiger charge is -2.44. The minimum Gasteiger partial charge on any atom is -0.334 e. The second-order valence-electron chi connectivity index (χ2n) is 8.39. The molecule has 0 saturated carbocycles. The van der Waals surface area contributed by atoms with Gasteiger partial charge < -0.3 is 9.80 Å². The molecule has 3 aromatic rings. The third-order valence-corrected chi connectivity index (χ3v) is 7.97. The number of nitrogens with zero attached hydrogens (tertiary/aromatic N) is 2. The second kappa shape index (κ2) is 10.6. The van der Waals surface area contributed by atoms with E-state index in [0.29, 0.717) is 0 Å². The van der Waals surface area contributed by atoms with Gasteiger partial charge >= 0.3 is 0 Å². The van der Waals surface area contributed by atoms with Crippen LogP contribution in [0.4, 0.5) is 0 Å². The minimum absolute atomic E-state index is 0.264. The molecular weight excluding hydrogens is 503 g/mol. The summed E-state index contributed by atoms with van der Waals surface area (Å²) in [5.74, 6) is 0. The molecule has 0 aliphatic carbocycles. The van der Waals surface area contributed by atoms with Crippen LogP contribution in [0.15, 0.2) is 91.0 Å².